The van der Waals surface area contributed by atoms with Crippen LogP contribution in [0.1, 0.15) is 6.42 Å². The number of nitrogens with one attached hydrogen (secondary N) is 1. The number of carbonyl (C=O) groups excluding carboxylic acids is 2. The van der Waals surface area contributed by atoms with E-state index in [4.69, 9.17) is 5.73 Å². The van der Waals surface area contributed by atoms with Gasteiger partial charge in [-0.2, -0.15) is 0 Å². The number of hydrogen-bond donors (Lipinski definition) is 2. The number of amides is 3. The lowest BCUT2D eigenvalue weighted by molar-refractivity contribution is -0.120. The van der Waals surface area contributed by atoms with Crippen LogP contribution in [0.5, 0.6) is 0 Å². The molecule has 106 valence electrons. The molecule has 1 aliphatic heterocycles. The smallest absolute Gasteiger partial charge is 0.328 e. The van der Waals surface area contributed by atoms with Gasteiger partial charge in [-0.1, -0.05) is 12.1 Å². The maximum absolute atomic E-state index is 11.8. The Hall–Kier alpha value is -2.89. The largest absolute Gasteiger partial charge is 0.384 e. The van der Waals surface area contributed by atoms with E-state index >= 15 is 0 Å². The van der Waals surface area contributed by atoms with Crippen molar-refractivity contribution in [3.63, 3.8) is 0 Å². The number of pyridine rings is 1. The molecule has 3 N–H and O–H groups in total. The maximum Gasteiger partial charge on any atom is 0.328 e. The van der Waals surface area contributed by atoms with Gasteiger partial charge in [0.1, 0.15) is 5.82 Å². The number of rotatable bonds is 2. The average Bonchev–Trinajstić information content (AvgIpc) is 2.48. The number of nitrogens with zero attached hydrogens (tertiary/aromatic N) is 2. The van der Waals surface area contributed by atoms with Gasteiger partial charge in [0.15, 0.2) is 0 Å². The van der Waals surface area contributed by atoms with E-state index in [0.717, 1.165) is 16.8 Å². The van der Waals surface area contributed by atoms with E-state index in [1.165, 1.54) is 0 Å². The molecular weight excluding hydrogens is 268 g/mol. The van der Waals surface area contributed by atoms with E-state index in [1.54, 1.807) is 17.2 Å². The second kappa shape index (κ2) is 5.24. The summed E-state index contributed by atoms with van der Waals surface area (Å²) in [4.78, 5) is 28.5. The third-order valence-corrected chi connectivity index (χ3v) is 3.35. The second-order valence-electron chi connectivity index (χ2n) is 4.77. The van der Waals surface area contributed by atoms with Crippen LogP contribution in [0.25, 0.3) is 11.1 Å². The van der Waals surface area contributed by atoms with Crippen molar-refractivity contribution < 1.29 is 9.59 Å². The third-order valence-electron chi connectivity index (χ3n) is 3.35. The van der Waals surface area contributed by atoms with Crippen LogP contribution in [0.4, 0.5) is 16.3 Å². The van der Waals surface area contributed by atoms with Crippen LogP contribution in [-0.2, 0) is 4.79 Å². The quantitative estimate of drug-likeness (QED) is 0.878. The summed E-state index contributed by atoms with van der Waals surface area (Å²) in [7, 11) is 0. The predicted octanol–water partition coefficient (Wildman–Crippen LogP) is 1.78. The first-order valence-electron chi connectivity index (χ1n) is 6.57. The van der Waals surface area contributed by atoms with Gasteiger partial charge in [0, 0.05) is 30.4 Å². The van der Waals surface area contributed by atoms with Crippen molar-refractivity contribution in [3.05, 3.63) is 42.6 Å². The van der Waals surface area contributed by atoms with Crippen molar-refractivity contribution in [1.29, 1.82) is 0 Å². The Morgan fingerprint density at radius 3 is 2.38 bits per heavy atom. The predicted molar refractivity (Wildman–Crippen MR) is 79.6 cm³/mol. The minimum absolute atomic E-state index is 0.235. The van der Waals surface area contributed by atoms with Crippen molar-refractivity contribution in [2.75, 3.05) is 17.2 Å². The number of aromatic nitrogens is 1. The summed E-state index contributed by atoms with van der Waals surface area (Å²) < 4.78 is 0. The van der Waals surface area contributed by atoms with Gasteiger partial charge in [0.25, 0.3) is 0 Å². The molecule has 0 atom stereocenters. The zero-order valence-electron chi connectivity index (χ0n) is 11.2. The number of nitrogens with two attached hydrogens (primary N) is 1. The molecule has 1 aromatic carbocycles. The summed E-state index contributed by atoms with van der Waals surface area (Å²) in [6, 6.07) is 10.8. The Labute approximate surface area is 121 Å². The van der Waals surface area contributed by atoms with Crippen molar-refractivity contribution in [3.8, 4) is 11.1 Å². The molecule has 0 radical (unpaired) electrons. The molecule has 1 saturated heterocycles. The van der Waals surface area contributed by atoms with Crippen LogP contribution in [-0.4, -0.2) is 23.5 Å². The standard InChI is InChI=1S/C15H14N4O2/c16-13-6-3-11(9-17-13)10-1-4-12(5-2-10)19-8-7-14(20)18-15(19)21/h1-6,9H,7-8H2,(H2,16,17)(H,18,20,21). The highest BCUT2D eigenvalue weighted by molar-refractivity contribution is 6.05. The lowest BCUT2D eigenvalue weighted by Crippen LogP contribution is -2.49. The first-order chi connectivity index (χ1) is 10.1. The SMILES string of the molecule is Nc1ccc(-c2ccc(N3CCC(=O)NC3=O)cc2)cn1. The lowest BCUT2D eigenvalue weighted by Gasteiger charge is -2.26. The van der Waals surface area contributed by atoms with Crippen molar-refractivity contribution in [1.82, 2.24) is 10.3 Å². The maximum atomic E-state index is 11.8. The van der Waals surface area contributed by atoms with E-state index in [9.17, 15) is 9.59 Å². The number of benzene rings is 1. The highest BCUT2D eigenvalue weighted by Gasteiger charge is 2.23. The van der Waals surface area contributed by atoms with Crippen LogP contribution in [0.15, 0.2) is 42.6 Å². The molecule has 2 aromatic rings. The van der Waals surface area contributed by atoms with Crippen molar-refractivity contribution >= 4 is 23.4 Å². The molecule has 1 aromatic heterocycles. The van der Waals surface area contributed by atoms with E-state index in [0.29, 0.717) is 18.8 Å². The van der Waals surface area contributed by atoms with Crippen LogP contribution in [0, 0.1) is 0 Å². The van der Waals surface area contributed by atoms with Crippen LogP contribution >= 0.6 is 0 Å². The van der Waals surface area contributed by atoms with Crippen molar-refractivity contribution in [2.45, 2.75) is 6.42 Å². The molecule has 0 bridgehead atoms. The highest BCUT2D eigenvalue weighted by Crippen LogP contribution is 2.24. The van der Waals surface area contributed by atoms with Gasteiger partial charge in [-0.3, -0.25) is 15.0 Å². The average molecular weight is 282 g/mol. The van der Waals surface area contributed by atoms with Gasteiger partial charge in [0.05, 0.1) is 0 Å². The first kappa shape index (κ1) is 13.1. The van der Waals surface area contributed by atoms with Gasteiger partial charge < -0.3 is 5.73 Å². The second-order valence-corrected chi connectivity index (χ2v) is 4.77. The van der Waals surface area contributed by atoms with Gasteiger partial charge >= 0.3 is 6.03 Å². The first-order valence-corrected chi connectivity index (χ1v) is 6.57. The van der Waals surface area contributed by atoms with Crippen LogP contribution in [0.2, 0.25) is 0 Å². The minimum Gasteiger partial charge on any atom is -0.384 e. The zero-order chi connectivity index (χ0) is 14.8. The van der Waals surface area contributed by atoms with Gasteiger partial charge in [-0.05, 0) is 29.8 Å². The number of anilines is 2. The molecule has 21 heavy (non-hydrogen) atoms. The molecule has 0 saturated carbocycles. The molecule has 3 rings (SSSR count). The fourth-order valence-electron chi connectivity index (χ4n) is 2.22. The third kappa shape index (κ3) is 2.69. The molecule has 6 heteroatoms. The summed E-state index contributed by atoms with van der Waals surface area (Å²) in [6.07, 6.45) is 2.02. The minimum atomic E-state index is -0.381. The summed E-state index contributed by atoms with van der Waals surface area (Å²) >= 11 is 0. The summed E-state index contributed by atoms with van der Waals surface area (Å²) in [6.45, 7) is 0.396. The van der Waals surface area contributed by atoms with Crippen molar-refractivity contribution in [2.24, 2.45) is 0 Å². The summed E-state index contributed by atoms with van der Waals surface area (Å²) in [5.41, 5.74) is 8.26. The molecule has 1 fully saturated rings. The van der Waals surface area contributed by atoms with E-state index in [1.807, 2.05) is 30.3 Å². The van der Waals surface area contributed by atoms with E-state index in [-0.39, 0.29) is 11.9 Å². The Balaban J connectivity index is 1.82. The van der Waals surface area contributed by atoms with Gasteiger partial charge in [-0.15, -0.1) is 0 Å². The molecule has 1 aliphatic rings. The molecular formula is C15H14N4O2. The fraction of sp³-hybridized carbons (Fsp3) is 0.133. The molecule has 0 aliphatic carbocycles. The normalized spacial score (nSPS) is 15.0. The fourth-order valence-corrected chi connectivity index (χ4v) is 2.22. The number of imide groups is 1. The number of carbonyl (C=O) groups is 2. The monoisotopic (exact) mass is 282 g/mol. The van der Waals surface area contributed by atoms with E-state index in [2.05, 4.69) is 10.3 Å². The Kier molecular flexibility index (Phi) is 3.27. The van der Waals surface area contributed by atoms with Gasteiger partial charge in [-0.25, -0.2) is 9.78 Å². The Morgan fingerprint density at radius 2 is 1.76 bits per heavy atom. The molecule has 2 heterocycles. The zero-order valence-corrected chi connectivity index (χ0v) is 11.2. The number of hydrogen-bond acceptors (Lipinski definition) is 4. The lowest BCUT2D eigenvalue weighted by atomic mass is 10.1. The van der Waals surface area contributed by atoms with E-state index < -0.39 is 0 Å². The van der Waals surface area contributed by atoms with Crippen LogP contribution < -0.4 is 16.0 Å². The van der Waals surface area contributed by atoms with Gasteiger partial charge in [0.2, 0.25) is 5.91 Å². The summed E-state index contributed by atoms with van der Waals surface area (Å²) in [5.74, 6) is 0.242. The molecule has 3 amide bonds. The summed E-state index contributed by atoms with van der Waals surface area (Å²) in [5, 5.41) is 2.30. The highest BCUT2D eigenvalue weighted by atomic mass is 16.2. The molecule has 6 nitrogen and oxygen atoms in total. The Bertz CT molecular complexity index is 680. The molecule has 0 unspecified atom stereocenters. The Morgan fingerprint density at radius 1 is 1.05 bits per heavy atom. The topological polar surface area (TPSA) is 88.3 Å². The number of urea groups is 1. The van der Waals surface area contributed by atoms with Crippen LogP contribution in [0.3, 0.4) is 0 Å². The molecule has 0 spiro atoms. The number of nitrogen functional groups attached to an aromatic ring is 1.